The Morgan fingerprint density at radius 1 is 1.36 bits per heavy atom. The SMILES string of the molecule is Cc1cc(CNC=O)ccc1C(=O)N(C=O)[C@@]1(C)CCC(=O)NC1=O. The molecular weight excluding hydrogens is 326 g/mol. The molecule has 1 aromatic carbocycles. The predicted molar refractivity (Wildman–Crippen MR) is 87.1 cm³/mol. The zero-order valence-corrected chi connectivity index (χ0v) is 14.0. The van der Waals surface area contributed by atoms with Crippen LogP contribution in [-0.2, 0) is 25.7 Å². The maximum atomic E-state index is 12.8. The van der Waals surface area contributed by atoms with Crippen molar-refractivity contribution in [3.05, 3.63) is 34.9 Å². The first-order chi connectivity index (χ1) is 11.8. The topological polar surface area (TPSA) is 113 Å². The molecule has 2 N–H and O–H groups in total. The van der Waals surface area contributed by atoms with Crippen molar-refractivity contribution < 1.29 is 24.0 Å². The molecule has 5 amide bonds. The van der Waals surface area contributed by atoms with Gasteiger partial charge in [-0.3, -0.25) is 34.2 Å². The van der Waals surface area contributed by atoms with Gasteiger partial charge in [0.1, 0.15) is 5.54 Å². The van der Waals surface area contributed by atoms with Crippen molar-refractivity contribution in [2.45, 2.75) is 38.8 Å². The standard InChI is InChI=1S/C17H19N3O5/c1-11-7-12(8-18-9-21)3-4-13(11)15(24)20(10-22)17(2)6-5-14(23)19-16(17)25/h3-4,7,9-10H,5-6,8H2,1-2H3,(H,18,21)(H,19,23,25)/t17-/m0/s1. The number of carbonyl (C=O) groups is 5. The number of imide groups is 2. The van der Waals surface area contributed by atoms with Gasteiger partial charge in [-0.15, -0.1) is 0 Å². The van der Waals surface area contributed by atoms with Gasteiger partial charge in [-0.2, -0.15) is 0 Å². The summed E-state index contributed by atoms with van der Waals surface area (Å²) in [6.07, 6.45) is 1.02. The Kier molecular flexibility index (Phi) is 5.31. The third kappa shape index (κ3) is 3.57. The van der Waals surface area contributed by atoms with Gasteiger partial charge in [0.25, 0.3) is 11.8 Å². The predicted octanol–water partition coefficient (Wildman–Crippen LogP) is 0.0349. The molecular formula is C17H19N3O5. The van der Waals surface area contributed by atoms with Gasteiger partial charge in [0.05, 0.1) is 0 Å². The number of hydrogen-bond donors (Lipinski definition) is 2. The van der Waals surface area contributed by atoms with Crippen LogP contribution in [0.25, 0.3) is 0 Å². The van der Waals surface area contributed by atoms with Crippen molar-refractivity contribution in [2.24, 2.45) is 0 Å². The molecule has 1 saturated heterocycles. The van der Waals surface area contributed by atoms with Gasteiger partial charge in [0.2, 0.25) is 18.7 Å². The Balaban J connectivity index is 2.31. The molecule has 1 fully saturated rings. The summed E-state index contributed by atoms with van der Waals surface area (Å²) in [5, 5.41) is 4.69. The summed E-state index contributed by atoms with van der Waals surface area (Å²) in [5.74, 6) is -1.72. The lowest BCUT2D eigenvalue weighted by atomic mass is 9.88. The first-order valence-electron chi connectivity index (χ1n) is 7.73. The van der Waals surface area contributed by atoms with E-state index in [2.05, 4.69) is 10.6 Å². The Morgan fingerprint density at radius 3 is 2.64 bits per heavy atom. The van der Waals surface area contributed by atoms with E-state index in [4.69, 9.17) is 0 Å². The van der Waals surface area contributed by atoms with Crippen molar-refractivity contribution in [1.82, 2.24) is 15.5 Å². The smallest absolute Gasteiger partial charge is 0.261 e. The van der Waals surface area contributed by atoms with Crippen LogP contribution in [0.3, 0.4) is 0 Å². The van der Waals surface area contributed by atoms with Crippen LogP contribution in [0.4, 0.5) is 0 Å². The molecule has 0 aliphatic carbocycles. The fraction of sp³-hybridized carbons (Fsp3) is 0.353. The van der Waals surface area contributed by atoms with Gasteiger partial charge >= 0.3 is 0 Å². The van der Waals surface area contributed by atoms with E-state index in [0.29, 0.717) is 24.9 Å². The minimum Gasteiger partial charge on any atom is -0.355 e. The van der Waals surface area contributed by atoms with E-state index in [0.717, 1.165) is 10.5 Å². The molecule has 1 atom stereocenters. The lowest BCUT2D eigenvalue weighted by molar-refractivity contribution is -0.145. The molecule has 1 heterocycles. The van der Waals surface area contributed by atoms with E-state index < -0.39 is 23.3 Å². The lowest BCUT2D eigenvalue weighted by Gasteiger charge is -2.38. The summed E-state index contributed by atoms with van der Waals surface area (Å²) >= 11 is 0. The van der Waals surface area contributed by atoms with E-state index >= 15 is 0 Å². The van der Waals surface area contributed by atoms with Gasteiger partial charge in [-0.1, -0.05) is 12.1 Å². The van der Waals surface area contributed by atoms with Gasteiger partial charge in [-0.25, -0.2) is 0 Å². The molecule has 1 aromatic rings. The average Bonchev–Trinajstić information content (AvgIpc) is 2.57. The Morgan fingerprint density at radius 2 is 2.08 bits per heavy atom. The molecule has 25 heavy (non-hydrogen) atoms. The molecule has 132 valence electrons. The highest BCUT2D eigenvalue weighted by Crippen LogP contribution is 2.26. The number of rotatable bonds is 6. The Hall–Kier alpha value is -3.03. The van der Waals surface area contributed by atoms with Crippen LogP contribution in [0.5, 0.6) is 0 Å². The Bertz CT molecular complexity index is 746. The molecule has 8 nitrogen and oxygen atoms in total. The number of nitrogens with one attached hydrogen (secondary N) is 2. The second kappa shape index (κ2) is 7.25. The van der Waals surface area contributed by atoms with Gasteiger partial charge in [-0.05, 0) is 37.5 Å². The second-order valence-electron chi connectivity index (χ2n) is 6.08. The molecule has 0 bridgehead atoms. The molecule has 8 heteroatoms. The number of carbonyl (C=O) groups excluding carboxylic acids is 5. The molecule has 1 aliphatic heterocycles. The van der Waals surface area contributed by atoms with Crippen LogP contribution in [0, 0.1) is 6.92 Å². The maximum Gasteiger partial charge on any atom is 0.261 e. The minimum atomic E-state index is -1.42. The van der Waals surface area contributed by atoms with E-state index in [-0.39, 0.29) is 18.4 Å². The molecule has 0 saturated carbocycles. The highest BCUT2D eigenvalue weighted by atomic mass is 16.2. The fourth-order valence-electron chi connectivity index (χ4n) is 2.78. The van der Waals surface area contributed by atoms with Crippen LogP contribution >= 0.6 is 0 Å². The first-order valence-corrected chi connectivity index (χ1v) is 7.73. The zero-order chi connectivity index (χ0) is 18.6. The summed E-state index contributed by atoms with van der Waals surface area (Å²) in [4.78, 5) is 59.1. The highest BCUT2D eigenvalue weighted by Gasteiger charge is 2.46. The summed E-state index contributed by atoms with van der Waals surface area (Å²) in [5.41, 5.74) is 0.258. The van der Waals surface area contributed by atoms with Crippen molar-refractivity contribution in [3.8, 4) is 0 Å². The molecule has 0 spiro atoms. The summed E-state index contributed by atoms with van der Waals surface area (Å²) in [7, 11) is 0. The van der Waals surface area contributed by atoms with Crippen molar-refractivity contribution >= 4 is 30.5 Å². The van der Waals surface area contributed by atoms with Crippen LogP contribution in [-0.4, -0.2) is 41.0 Å². The fourth-order valence-corrected chi connectivity index (χ4v) is 2.78. The number of hydrogen-bond acceptors (Lipinski definition) is 5. The van der Waals surface area contributed by atoms with Crippen LogP contribution < -0.4 is 10.6 Å². The lowest BCUT2D eigenvalue weighted by Crippen LogP contribution is -2.62. The summed E-state index contributed by atoms with van der Waals surface area (Å²) < 4.78 is 0. The number of aryl methyl sites for hydroxylation is 1. The summed E-state index contributed by atoms with van der Waals surface area (Å²) in [6, 6.07) is 4.93. The summed E-state index contributed by atoms with van der Waals surface area (Å²) in [6.45, 7) is 3.48. The molecule has 2 rings (SSSR count). The van der Waals surface area contributed by atoms with Crippen LogP contribution in [0.2, 0.25) is 0 Å². The number of piperidine rings is 1. The largest absolute Gasteiger partial charge is 0.355 e. The number of benzene rings is 1. The van der Waals surface area contributed by atoms with Crippen molar-refractivity contribution in [3.63, 3.8) is 0 Å². The molecule has 1 aliphatic rings. The second-order valence-corrected chi connectivity index (χ2v) is 6.08. The maximum absolute atomic E-state index is 12.8. The molecule has 0 aromatic heterocycles. The van der Waals surface area contributed by atoms with Crippen molar-refractivity contribution in [2.75, 3.05) is 0 Å². The van der Waals surface area contributed by atoms with Crippen LogP contribution in [0.1, 0.15) is 41.3 Å². The first kappa shape index (κ1) is 18.3. The van der Waals surface area contributed by atoms with E-state index in [1.807, 2.05) is 0 Å². The van der Waals surface area contributed by atoms with E-state index in [1.165, 1.54) is 6.92 Å². The van der Waals surface area contributed by atoms with Gasteiger partial charge in [0, 0.05) is 18.5 Å². The quantitative estimate of drug-likeness (QED) is 0.558. The number of nitrogens with zero attached hydrogens (tertiary/aromatic N) is 1. The van der Waals surface area contributed by atoms with E-state index in [9.17, 15) is 24.0 Å². The monoisotopic (exact) mass is 345 g/mol. The van der Waals surface area contributed by atoms with Crippen molar-refractivity contribution in [1.29, 1.82) is 0 Å². The Labute approximate surface area is 144 Å². The van der Waals surface area contributed by atoms with Gasteiger partial charge in [0.15, 0.2) is 0 Å². The van der Waals surface area contributed by atoms with E-state index in [1.54, 1.807) is 25.1 Å². The van der Waals surface area contributed by atoms with Crippen LogP contribution in [0.15, 0.2) is 18.2 Å². The number of amides is 5. The zero-order valence-electron chi connectivity index (χ0n) is 14.0. The highest BCUT2D eigenvalue weighted by molar-refractivity contribution is 6.09. The van der Waals surface area contributed by atoms with Gasteiger partial charge < -0.3 is 5.32 Å². The molecule has 0 radical (unpaired) electrons. The molecule has 0 unspecified atom stereocenters. The minimum absolute atomic E-state index is 0.0507. The third-order valence-corrected chi connectivity index (χ3v) is 4.35. The normalized spacial score (nSPS) is 19.8. The average molecular weight is 345 g/mol. The third-order valence-electron chi connectivity index (χ3n) is 4.35.